The molecule has 0 saturated carbocycles. The van der Waals surface area contributed by atoms with Crippen LogP contribution in [0.2, 0.25) is 0 Å². The van der Waals surface area contributed by atoms with E-state index in [1.54, 1.807) is 0 Å². The van der Waals surface area contributed by atoms with Gasteiger partial charge in [-0.3, -0.25) is 0 Å². The molecule has 2 aromatic heterocycles. The van der Waals surface area contributed by atoms with E-state index in [2.05, 4.69) is 30.9 Å². The van der Waals surface area contributed by atoms with E-state index in [1.165, 1.54) is 6.33 Å². The van der Waals surface area contributed by atoms with Gasteiger partial charge in [-0.25, -0.2) is 9.97 Å². The highest BCUT2D eigenvalue weighted by molar-refractivity contribution is 9.10. The summed E-state index contributed by atoms with van der Waals surface area (Å²) in [6.45, 7) is 0.518. The number of rotatable bonds is 4. The summed E-state index contributed by atoms with van der Waals surface area (Å²) in [7, 11) is 0. The van der Waals surface area contributed by atoms with Crippen LogP contribution in [0.5, 0.6) is 5.75 Å². The zero-order chi connectivity index (χ0) is 17.2. The van der Waals surface area contributed by atoms with Crippen LogP contribution in [0.15, 0.2) is 65.5 Å². The Kier molecular flexibility index (Phi) is 4.11. The van der Waals surface area contributed by atoms with Crippen LogP contribution in [0, 0.1) is 0 Å². The number of nitrogen functional groups attached to an aromatic ring is 1. The molecule has 0 amide bonds. The van der Waals surface area contributed by atoms with Gasteiger partial charge in [0.1, 0.15) is 30.1 Å². The third-order valence-electron chi connectivity index (χ3n) is 3.95. The van der Waals surface area contributed by atoms with Crippen molar-refractivity contribution in [3.8, 4) is 16.9 Å². The number of hydrogen-bond donors (Lipinski definition) is 2. The van der Waals surface area contributed by atoms with Crippen molar-refractivity contribution in [1.82, 2.24) is 15.0 Å². The van der Waals surface area contributed by atoms with Crippen LogP contribution < -0.4 is 10.5 Å². The van der Waals surface area contributed by atoms with Gasteiger partial charge >= 0.3 is 0 Å². The number of benzene rings is 2. The average Bonchev–Trinajstić information content (AvgIpc) is 2.98. The molecule has 0 spiro atoms. The fourth-order valence-electron chi connectivity index (χ4n) is 2.77. The van der Waals surface area contributed by atoms with Crippen LogP contribution in [-0.4, -0.2) is 15.0 Å². The Morgan fingerprint density at radius 3 is 2.72 bits per heavy atom. The molecule has 0 fully saturated rings. The van der Waals surface area contributed by atoms with Gasteiger partial charge < -0.3 is 15.5 Å². The second-order valence-electron chi connectivity index (χ2n) is 5.60. The summed E-state index contributed by atoms with van der Waals surface area (Å²) in [6, 6.07) is 18.0. The minimum Gasteiger partial charge on any atom is -0.489 e. The topological polar surface area (TPSA) is 76.8 Å². The average molecular weight is 395 g/mol. The number of aromatic amines is 1. The molecule has 0 aliphatic heterocycles. The summed E-state index contributed by atoms with van der Waals surface area (Å²) in [5, 5.41) is 0.801. The second-order valence-corrected chi connectivity index (χ2v) is 6.39. The summed E-state index contributed by atoms with van der Waals surface area (Å²) in [5.74, 6) is 1.23. The zero-order valence-electron chi connectivity index (χ0n) is 13.2. The number of halogens is 1. The third kappa shape index (κ3) is 3.08. The summed E-state index contributed by atoms with van der Waals surface area (Å²) in [6.07, 6.45) is 1.45. The Morgan fingerprint density at radius 1 is 1.04 bits per heavy atom. The number of H-pyrrole nitrogens is 1. The molecule has 0 aliphatic rings. The SMILES string of the molecule is Nc1ncnc2[nH]c(Br)c(-c3cccc(OCc4ccccc4)c3)c12. The standard InChI is InChI=1S/C19H15BrN4O/c20-17-15(16-18(21)22-11-23-19(16)24-17)13-7-4-8-14(9-13)25-10-12-5-2-1-3-6-12/h1-9,11H,10H2,(H3,21,22,23,24). The first kappa shape index (κ1) is 15.7. The van der Waals surface area contributed by atoms with Crippen LogP contribution >= 0.6 is 15.9 Å². The van der Waals surface area contributed by atoms with Crippen LogP contribution in [0.3, 0.4) is 0 Å². The maximum absolute atomic E-state index is 6.06. The highest BCUT2D eigenvalue weighted by atomic mass is 79.9. The van der Waals surface area contributed by atoms with Crippen molar-refractivity contribution in [3.63, 3.8) is 0 Å². The Balaban J connectivity index is 1.69. The van der Waals surface area contributed by atoms with Gasteiger partial charge in [-0.05, 0) is 39.2 Å². The highest BCUT2D eigenvalue weighted by Gasteiger charge is 2.16. The first-order valence-electron chi connectivity index (χ1n) is 7.77. The van der Waals surface area contributed by atoms with Crippen molar-refractivity contribution < 1.29 is 4.74 Å². The first-order valence-corrected chi connectivity index (χ1v) is 8.56. The first-order chi connectivity index (χ1) is 12.2. The lowest BCUT2D eigenvalue weighted by atomic mass is 10.1. The van der Waals surface area contributed by atoms with E-state index in [0.29, 0.717) is 18.1 Å². The van der Waals surface area contributed by atoms with Gasteiger partial charge in [-0.1, -0.05) is 42.5 Å². The smallest absolute Gasteiger partial charge is 0.144 e. The number of fused-ring (bicyclic) bond motifs is 1. The van der Waals surface area contributed by atoms with Gasteiger partial charge in [0, 0.05) is 5.56 Å². The number of ether oxygens (including phenoxy) is 1. The van der Waals surface area contributed by atoms with Crippen molar-refractivity contribution in [2.75, 3.05) is 5.73 Å². The van der Waals surface area contributed by atoms with E-state index in [0.717, 1.165) is 32.4 Å². The van der Waals surface area contributed by atoms with Gasteiger partial charge in [-0.15, -0.1) is 0 Å². The molecular formula is C19H15BrN4O. The number of nitrogens with zero attached hydrogens (tertiary/aromatic N) is 2. The molecule has 3 N–H and O–H groups in total. The number of aromatic nitrogens is 3. The maximum atomic E-state index is 6.06. The molecule has 0 radical (unpaired) electrons. The molecule has 5 nitrogen and oxygen atoms in total. The summed E-state index contributed by atoms with van der Waals surface area (Å²) in [5.41, 5.74) is 9.79. The van der Waals surface area contributed by atoms with E-state index in [4.69, 9.17) is 10.5 Å². The fourth-order valence-corrected chi connectivity index (χ4v) is 3.38. The van der Waals surface area contributed by atoms with Gasteiger partial charge in [0.05, 0.1) is 9.99 Å². The second kappa shape index (κ2) is 6.57. The number of hydrogen-bond acceptors (Lipinski definition) is 4. The Hall–Kier alpha value is -2.86. The largest absolute Gasteiger partial charge is 0.489 e. The minimum absolute atomic E-state index is 0.442. The van der Waals surface area contributed by atoms with Gasteiger partial charge in [0.25, 0.3) is 0 Å². The lowest BCUT2D eigenvalue weighted by molar-refractivity contribution is 0.306. The predicted octanol–water partition coefficient (Wildman–Crippen LogP) is 4.55. The molecule has 2 aromatic carbocycles. The Labute approximate surface area is 153 Å². The normalized spacial score (nSPS) is 10.9. The van der Waals surface area contributed by atoms with Gasteiger partial charge in [0.15, 0.2) is 0 Å². The van der Waals surface area contributed by atoms with Crippen molar-refractivity contribution >= 4 is 32.8 Å². The quantitative estimate of drug-likeness (QED) is 0.532. The molecular weight excluding hydrogens is 380 g/mol. The number of nitrogens with one attached hydrogen (secondary N) is 1. The Morgan fingerprint density at radius 2 is 1.88 bits per heavy atom. The lowest BCUT2D eigenvalue weighted by Crippen LogP contribution is -1.95. The van der Waals surface area contributed by atoms with Crippen LogP contribution in [0.25, 0.3) is 22.2 Å². The minimum atomic E-state index is 0.442. The van der Waals surface area contributed by atoms with Crippen molar-refractivity contribution in [1.29, 1.82) is 0 Å². The van der Waals surface area contributed by atoms with E-state index in [9.17, 15) is 0 Å². The van der Waals surface area contributed by atoms with Crippen LogP contribution in [0.1, 0.15) is 5.56 Å². The molecule has 0 aliphatic carbocycles. The lowest BCUT2D eigenvalue weighted by Gasteiger charge is -2.09. The third-order valence-corrected chi connectivity index (χ3v) is 4.54. The molecule has 4 aromatic rings. The summed E-state index contributed by atoms with van der Waals surface area (Å²) < 4.78 is 6.74. The van der Waals surface area contributed by atoms with Gasteiger partial charge in [-0.2, -0.15) is 0 Å². The van der Waals surface area contributed by atoms with E-state index in [1.807, 2.05) is 54.6 Å². The molecule has 25 heavy (non-hydrogen) atoms. The Bertz CT molecular complexity index is 1030. The molecule has 0 bridgehead atoms. The predicted molar refractivity (Wildman–Crippen MR) is 102 cm³/mol. The molecule has 4 rings (SSSR count). The fraction of sp³-hybridized carbons (Fsp3) is 0.0526. The van der Waals surface area contributed by atoms with E-state index >= 15 is 0 Å². The van der Waals surface area contributed by atoms with Crippen LogP contribution in [-0.2, 0) is 6.61 Å². The molecule has 124 valence electrons. The number of nitrogens with two attached hydrogens (primary N) is 1. The number of anilines is 1. The molecule has 2 heterocycles. The monoisotopic (exact) mass is 394 g/mol. The maximum Gasteiger partial charge on any atom is 0.144 e. The van der Waals surface area contributed by atoms with E-state index < -0.39 is 0 Å². The van der Waals surface area contributed by atoms with Crippen molar-refractivity contribution in [3.05, 3.63) is 71.1 Å². The molecule has 0 unspecified atom stereocenters. The molecule has 0 saturated heterocycles. The van der Waals surface area contributed by atoms with E-state index in [-0.39, 0.29) is 0 Å². The van der Waals surface area contributed by atoms with Crippen molar-refractivity contribution in [2.24, 2.45) is 0 Å². The molecule has 6 heteroatoms. The van der Waals surface area contributed by atoms with Crippen molar-refractivity contribution in [2.45, 2.75) is 6.61 Å². The highest BCUT2D eigenvalue weighted by Crippen LogP contribution is 2.38. The van der Waals surface area contributed by atoms with Gasteiger partial charge in [0.2, 0.25) is 0 Å². The molecule has 0 atom stereocenters. The van der Waals surface area contributed by atoms with Crippen LogP contribution in [0.4, 0.5) is 5.82 Å². The zero-order valence-corrected chi connectivity index (χ0v) is 14.8. The summed E-state index contributed by atoms with van der Waals surface area (Å²) in [4.78, 5) is 11.5. The summed E-state index contributed by atoms with van der Waals surface area (Å²) >= 11 is 3.56.